The van der Waals surface area contributed by atoms with Crippen LogP contribution >= 0.6 is 11.6 Å². The van der Waals surface area contributed by atoms with Crippen molar-refractivity contribution in [2.75, 3.05) is 13.1 Å². The average molecular weight is 283 g/mol. The van der Waals surface area contributed by atoms with E-state index in [2.05, 4.69) is 5.32 Å². The maximum Gasteiger partial charge on any atom is 0.239 e. The van der Waals surface area contributed by atoms with Crippen molar-refractivity contribution in [1.82, 2.24) is 10.2 Å². The molecule has 4 nitrogen and oxygen atoms in total. The summed E-state index contributed by atoms with van der Waals surface area (Å²) in [4.78, 5) is 14.0. The van der Waals surface area contributed by atoms with Crippen LogP contribution in [0.1, 0.15) is 25.3 Å². The summed E-state index contributed by atoms with van der Waals surface area (Å²) in [5.41, 5.74) is 0.702. The third-order valence-electron chi connectivity index (χ3n) is 3.43. The van der Waals surface area contributed by atoms with E-state index in [1.807, 2.05) is 11.8 Å². The Kier molecular flexibility index (Phi) is 4.66. The van der Waals surface area contributed by atoms with Crippen molar-refractivity contribution < 1.29 is 9.90 Å². The zero-order valence-electron chi connectivity index (χ0n) is 11.0. The lowest BCUT2D eigenvalue weighted by Gasteiger charge is -2.21. The molecule has 1 heterocycles. The molecule has 5 heteroatoms. The molecule has 1 aromatic rings. The first-order chi connectivity index (χ1) is 9.08. The van der Waals surface area contributed by atoms with Gasteiger partial charge in [0.05, 0.1) is 6.04 Å². The molecule has 1 atom stereocenters. The van der Waals surface area contributed by atoms with Crippen LogP contribution < -0.4 is 5.32 Å². The van der Waals surface area contributed by atoms with Crippen LogP contribution in [0.4, 0.5) is 0 Å². The molecule has 1 aliphatic rings. The van der Waals surface area contributed by atoms with E-state index in [0.29, 0.717) is 17.1 Å². The standard InChI is InChI=1S/C14H19ClN2O2/c1-10(14(19)17-6-2-3-7-17)16-9-11-8-12(15)4-5-13(11)18/h4-5,8,10,16,18H,2-3,6-7,9H2,1H3. The van der Waals surface area contributed by atoms with Gasteiger partial charge < -0.3 is 15.3 Å². The number of rotatable bonds is 4. The number of likely N-dealkylation sites (tertiary alicyclic amines) is 1. The molecular weight excluding hydrogens is 264 g/mol. The third-order valence-corrected chi connectivity index (χ3v) is 3.66. The Balaban J connectivity index is 1.90. The normalized spacial score (nSPS) is 16.6. The van der Waals surface area contributed by atoms with Gasteiger partial charge in [0.25, 0.3) is 0 Å². The lowest BCUT2D eigenvalue weighted by molar-refractivity contribution is -0.131. The molecule has 0 saturated carbocycles. The van der Waals surface area contributed by atoms with Crippen LogP contribution in [-0.2, 0) is 11.3 Å². The van der Waals surface area contributed by atoms with Crippen LogP contribution in [0.5, 0.6) is 5.75 Å². The molecule has 104 valence electrons. The maximum absolute atomic E-state index is 12.1. The molecule has 0 bridgehead atoms. The third kappa shape index (κ3) is 3.61. The maximum atomic E-state index is 12.1. The van der Waals surface area contributed by atoms with Crippen molar-refractivity contribution in [1.29, 1.82) is 0 Å². The zero-order valence-corrected chi connectivity index (χ0v) is 11.8. The second-order valence-electron chi connectivity index (χ2n) is 4.91. The number of amides is 1. The van der Waals surface area contributed by atoms with E-state index in [9.17, 15) is 9.90 Å². The van der Waals surface area contributed by atoms with Crippen LogP contribution in [0.15, 0.2) is 18.2 Å². The molecule has 2 N–H and O–H groups in total. The fourth-order valence-electron chi connectivity index (χ4n) is 2.26. The van der Waals surface area contributed by atoms with E-state index in [-0.39, 0.29) is 17.7 Å². The first kappa shape index (κ1) is 14.2. The van der Waals surface area contributed by atoms with Gasteiger partial charge in [-0.2, -0.15) is 0 Å². The number of halogens is 1. The number of aromatic hydroxyl groups is 1. The molecule has 0 aliphatic carbocycles. The average Bonchev–Trinajstić information content (AvgIpc) is 2.92. The predicted molar refractivity (Wildman–Crippen MR) is 75.2 cm³/mol. The lowest BCUT2D eigenvalue weighted by Crippen LogP contribution is -2.43. The van der Waals surface area contributed by atoms with Gasteiger partial charge in [0.15, 0.2) is 0 Å². The van der Waals surface area contributed by atoms with Crippen LogP contribution in [0.25, 0.3) is 0 Å². The molecule has 0 radical (unpaired) electrons. The Bertz CT molecular complexity index is 459. The molecule has 1 unspecified atom stereocenters. The van der Waals surface area contributed by atoms with Gasteiger partial charge in [-0.25, -0.2) is 0 Å². The largest absolute Gasteiger partial charge is 0.508 e. The van der Waals surface area contributed by atoms with Gasteiger partial charge in [0.1, 0.15) is 5.75 Å². The second kappa shape index (κ2) is 6.26. The molecule has 1 aromatic carbocycles. The summed E-state index contributed by atoms with van der Waals surface area (Å²) in [5.74, 6) is 0.316. The summed E-state index contributed by atoms with van der Waals surface area (Å²) < 4.78 is 0. The molecule has 1 amide bonds. The Hall–Kier alpha value is -1.26. The first-order valence-electron chi connectivity index (χ1n) is 6.57. The van der Waals surface area contributed by atoms with Gasteiger partial charge in [0, 0.05) is 30.2 Å². The van der Waals surface area contributed by atoms with Crippen molar-refractivity contribution in [3.05, 3.63) is 28.8 Å². The minimum absolute atomic E-state index is 0.124. The first-order valence-corrected chi connectivity index (χ1v) is 6.95. The van der Waals surface area contributed by atoms with Crippen molar-refractivity contribution in [2.45, 2.75) is 32.4 Å². The highest BCUT2D eigenvalue weighted by Crippen LogP contribution is 2.21. The number of phenols is 1. The summed E-state index contributed by atoms with van der Waals surface area (Å²) in [7, 11) is 0. The zero-order chi connectivity index (χ0) is 13.8. The predicted octanol–water partition coefficient (Wildman–Crippen LogP) is 2.15. The van der Waals surface area contributed by atoms with E-state index in [1.54, 1.807) is 18.2 Å². The van der Waals surface area contributed by atoms with E-state index >= 15 is 0 Å². The Morgan fingerprint density at radius 1 is 1.47 bits per heavy atom. The van der Waals surface area contributed by atoms with Crippen LogP contribution in [0.2, 0.25) is 5.02 Å². The van der Waals surface area contributed by atoms with Gasteiger partial charge in [-0.05, 0) is 38.0 Å². The van der Waals surface area contributed by atoms with Gasteiger partial charge in [-0.3, -0.25) is 4.79 Å². The van der Waals surface area contributed by atoms with Crippen LogP contribution in [0.3, 0.4) is 0 Å². The summed E-state index contributed by atoms with van der Waals surface area (Å²) >= 11 is 5.88. The number of nitrogens with one attached hydrogen (secondary N) is 1. The summed E-state index contributed by atoms with van der Waals surface area (Å²) in [5, 5.41) is 13.4. The molecular formula is C14H19ClN2O2. The molecule has 1 fully saturated rings. The highest BCUT2D eigenvalue weighted by Gasteiger charge is 2.22. The van der Waals surface area contributed by atoms with Crippen molar-refractivity contribution >= 4 is 17.5 Å². The topological polar surface area (TPSA) is 52.6 Å². The monoisotopic (exact) mass is 282 g/mol. The molecule has 1 aliphatic heterocycles. The van der Waals surface area contributed by atoms with E-state index in [1.165, 1.54) is 0 Å². The second-order valence-corrected chi connectivity index (χ2v) is 5.34. The van der Waals surface area contributed by atoms with Crippen LogP contribution in [0, 0.1) is 0 Å². The van der Waals surface area contributed by atoms with Gasteiger partial charge in [-0.15, -0.1) is 0 Å². The smallest absolute Gasteiger partial charge is 0.239 e. The number of hydrogen-bond donors (Lipinski definition) is 2. The van der Waals surface area contributed by atoms with Gasteiger partial charge >= 0.3 is 0 Å². The number of benzene rings is 1. The van der Waals surface area contributed by atoms with E-state index in [4.69, 9.17) is 11.6 Å². The Labute approximate surface area is 118 Å². The van der Waals surface area contributed by atoms with Gasteiger partial charge in [0.2, 0.25) is 5.91 Å². The fraction of sp³-hybridized carbons (Fsp3) is 0.500. The molecule has 2 rings (SSSR count). The minimum atomic E-state index is -0.253. The number of hydrogen-bond acceptors (Lipinski definition) is 3. The molecule has 1 saturated heterocycles. The summed E-state index contributed by atoms with van der Waals surface area (Å²) in [6.07, 6.45) is 2.18. The van der Waals surface area contributed by atoms with Crippen molar-refractivity contribution in [2.24, 2.45) is 0 Å². The number of nitrogens with zero attached hydrogens (tertiary/aromatic N) is 1. The molecule has 0 spiro atoms. The number of carbonyl (C=O) groups is 1. The number of phenolic OH excluding ortho intramolecular Hbond substituents is 1. The van der Waals surface area contributed by atoms with E-state index < -0.39 is 0 Å². The minimum Gasteiger partial charge on any atom is -0.508 e. The Morgan fingerprint density at radius 2 is 2.16 bits per heavy atom. The van der Waals surface area contributed by atoms with E-state index in [0.717, 1.165) is 25.9 Å². The lowest BCUT2D eigenvalue weighted by atomic mass is 10.2. The molecule has 0 aromatic heterocycles. The fourth-order valence-corrected chi connectivity index (χ4v) is 2.45. The van der Waals surface area contributed by atoms with Crippen molar-refractivity contribution in [3.8, 4) is 5.75 Å². The SMILES string of the molecule is CC(NCc1cc(Cl)ccc1O)C(=O)N1CCCC1. The Morgan fingerprint density at radius 3 is 2.84 bits per heavy atom. The van der Waals surface area contributed by atoms with Gasteiger partial charge in [-0.1, -0.05) is 11.6 Å². The summed E-state index contributed by atoms with van der Waals surface area (Å²) in [6, 6.07) is 4.65. The van der Waals surface area contributed by atoms with Crippen LogP contribution in [-0.4, -0.2) is 35.0 Å². The highest BCUT2D eigenvalue weighted by molar-refractivity contribution is 6.30. The van der Waals surface area contributed by atoms with Crippen molar-refractivity contribution in [3.63, 3.8) is 0 Å². The summed E-state index contributed by atoms with van der Waals surface area (Å²) in [6.45, 7) is 3.98. The quantitative estimate of drug-likeness (QED) is 0.890. The highest BCUT2D eigenvalue weighted by atomic mass is 35.5. The molecule has 19 heavy (non-hydrogen) atoms. The number of carbonyl (C=O) groups excluding carboxylic acids is 1.